The first-order valence-electron chi connectivity index (χ1n) is 3.72. The van der Waals surface area contributed by atoms with Gasteiger partial charge in [-0.05, 0) is 19.3 Å². The standard InChI is InChI=1S/C8H16O2/c1-7(2)6-8(3)10-5-4-9/h4,7-8H,5-6H2,1-3H3. The van der Waals surface area contributed by atoms with E-state index in [2.05, 4.69) is 13.8 Å². The molecule has 60 valence electrons. The van der Waals surface area contributed by atoms with E-state index in [0.29, 0.717) is 5.92 Å². The molecule has 0 heterocycles. The van der Waals surface area contributed by atoms with Crippen LogP contribution in [0.25, 0.3) is 0 Å². The number of ether oxygens (including phenoxy) is 1. The van der Waals surface area contributed by atoms with Gasteiger partial charge in [0.2, 0.25) is 0 Å². The number of hydrogen-bond acceptors (Lipinski definition) is 2. The third-order valence-corrected chi connectivity index (χ3v) is 1.25. The van der Waals surface area contributed by atoms with Crippen LogP contribution < -0.4 is 0 Å². The SMILES string of the molecule is CC(C)CC(C)OCC=O. The molecule has 0 saturated carbocycles. The largest absolute Gasteiger partial charge is 0.371 e. The van der Waals surface area contributed by atoms with E-state index in [-0.39, 0.29) is 12.7 Å². The van der Waals surface area contributed by atoms with E-state index < -0.39 is 0 Å². The second-order valence-electron chi connectivity index (χ2n) is 2.94. The zero-order chi connectivity index (χ0) is 7.98. The predicted molar refractivity (Wildman–Crippen MR) is 40.9 cm³/mol. The van der Waals surface area contributed by atoms with Gasteiger partial charge in [0.05, 0.1) is 6.10 Å². The number of carbonyl (C=O) groups excluding carboxylic acids is 1. The molecular formula is C8H16O2. The molecule has 0 aliphatic carbocycles. The highest BCUT2D eigenvalue weighted by Gasteiger charge is 2.03. The summed E-state index contributed by atoms with van der Waals surface area (Å²) in [7, 11) is 0. The van der Waals surface area contributed by atoms with Gasteiger partial charge in [-0.1, -0.05) is 13.8 Å². The maximum absolute atomic E-state index is 9.87. The third kappa shape index (κ3) is 5.76. The molecule has 2 heteroatoms. The second-order valence-corrected chi connectivity index (χ2v) is 2.94. The molecule has 1 unspecified atom stereocenters. The molecule has 0 fully saturated rings. The Morgan fingerprint density at radius 2 is 2.00 bits per heavy atom. The van der Waals surface area contributed by atoms with Gasteiger partial charge in [0.25, 0.3) is 0 Å². The van der Waals surface area contributed by atoms with E-state index in [1.165, 1.54) is 0 Å². The zero-order valence-corrected chi connectivity index (χ0v) is 6.96. The van der Waals surface area contributed by atoms with Crippen LogP contribution in [0.15, 0.2) is 0 Å². The summed E-state index contributed by atoms with van der Waals surface area (Å²) in [4.78, 5) is 9.87. The maximum Gasteiger partial charge on any atom is 0.145 e. The molecule has 0 aromatic carbocycles. The average Bonchev–Trinajstić information content (AvgIpc) is 1.82. The van der Waals surface area contributed by atoms with E-state index in [1.807, 2.05) is 6.92 Å². The smallest absolute Gasteiger partial charge is 0.145 e. The van der Waals surface area contributed by atoms with E-state index in [9.17, 15) is 4.79 Å². The zero-order valence-electron chi connectivity index (χ0n) is 6.96. The molecule has 10 heavy (non-hydrogen) atoms. The van der Waals surface area contributed by atoms with E-state index in [1.54, 1.807) is 0 Å². The minimum atomic E-state index is 0.213. The number of rotatable bonds is 5. The van der Waals surface area contributed by atoms with E-state index in [4.69, 9.17) is 4.74 Å². The molecule has 0 spiro atoms. The Bertz CT molecular complexity index is 89.3. The van der Waals surface area contributed by atoms with E-state index in [0.717, 1.165) is 12.7 Å². The summed E-state index contributed by atoms with van der Waals surface area (Å²) in [6, 6.07) is 0. The Balaban J connectivity index is 3.24. The summed E-state index contributed by atoms with van der Waals surface area (Å²) in [6.45, 7) is 6.50. The molecule has 0 bridgehead atoms. The lowest BCUT2D eigenvalue weighted by Crippen LogP contribution is -2.12. The van der Waals surface area contributed by atoms with Crippen LogP contribution in [0.1, 0.15) is 27.2 Å². The molecule has 0 N–H and O–H groups in total. The Labute approximate surface area is 62.6 Å². The number of aldehydes is 1. The molecule has 0 aliphatic heterocycles. The molecule has 0 rings (SSSR count). The van der Waals surface area contributed by atoms with E-state index >= 15 is 0 Å². The third-order valence-electron chi connectivity index (χ3n) is 1.25. The fourth-order valence-electron chi connectivity index (χ4n) is 0.935. The molecule has 0 aliphatic rings. The van der Waals surface area contributed by atoms with Crippen molar-refractivity contribution in [3.8, 4) is 0 Å². The van der Waals surface area contributed by atoms with Gasteiger partial charge in [-0.25, -0.2) is 0 Å². The van der Waals surface area contributed by atoms with Crippen LogP contribution in [0.3, 0.4) is 0 Å². The summed E-state index contributed by atoms with van der Waals surface area (Å²) in [5.74, 6) is 0.640. The Hall–Kier alpha value is -0.370. The fourth-order valence-corrected chi connectivity index (χ4v) is 0.935. The first-order chi connectivity index (χ1) is 4.66. The van der Waals surface area contributed by atoms with Crippen LogP contribution in [0.4, 0.5) is 0 Å². The van der Waals surface area contributed by atoms with Gasteiger partial charge in [-0.3, -0.25) is 0 Å². The lowest BCUT2D eigenvalue weighted by atomic mass is 10.1. The average molecular weight is 144 g/mol. The van der Waals surface area contributed by atoms with Crippen molar-refractivity contribution in [3.05, 3.63) is 0 Å². The molecule has 0 amide bonds. The highest BCUT2D eigenvalue weighted by atomic mass is 16.5. The molecule has 0 aromatic rings. The fraction of sp³-hybridized carbons (Fsp3) is 0.875. The van der Waals surface area contributed by atoms with Crippen LogP contribution in [0.5, 0.6) is 0 Å². The van der Waals surface area contributed by atoms with Gasteiger partial charge in [0.1, 0.15) is 12.9 Å². The van der Waals surface area contributed by atoms with Gasteiger partial charge in [-0.15, -0.1) is 0 Å². The summed E-state index contributed by atoms with van der Waals surface area (Å²) < 4.78 is 5.13. The molecule has 0 aromatic heterocycles. The summed E-state index contributed by atoms with van der Waals surface area (Å²) in [5.41, 5.74) is 0. The van der Waals surface area contributed by atoms with Crippen molar-refractivity contribution in [2.45, 2.75) is 33.3 Å². The van der Waals surface area contributed by atoms with Crippen LogP contribution in [-0.2, 0) is 9.53 Å². The molecule has 2 nitrogen and oxygen atoms in total. The van der Waals surface area contributed by atoms with Crippen LogP contribution in [0.2, 0.25) is 0 Å². The summed E-state index contributed by atoms with van der Waals surface area (Å²) in [6.07, 6.45) is 2.02. The summed E-state index contributed by atoms with van der Waals surface area (Å²) in [5, 5.41) is 0. The number of carbonyl (C=O) groups is 1. The highest BCUT2D eigenvalue weighted by Crippen LogP contribution is 2.06. The van der Waals surface area contributed by atoms with Crippen LogP contribution >= 0.6 is 0 Å². The highest BCUT2D eigenvalue weighted by molar-refractivity contribution is 5.50. The quantitative estimate of drug-likeness (QED) is 0.548. The maximum atomic E-state index is 9.87. The van der Waals surface area contributed by atoms with Crippen LogP contribution in [-0.4, -0.2) is 19.0 Å². The first-order valence-corrected chi connectivity index (χ1v) is 3.72. The van der Waals surface area contributed by atoms with Crippen LogP contribution in [0, 0.1) is 5.92 Å². The number of hydrogen-bond donors (Lipinski definition) is 0. The van der Waals surface area contributed by atoms with Crippen molar-refractivity contribution in [2.75, 3.05) is 6.61 Å². The Kier molecular flexibility index (Phi) is 5.22. The van der Waals surface area contributed by atoms with Gasteiger partial charge in [-0.2, -0.15) is 0 Å². The molecular weight excluding hydrogens is 128 g/mol. The normalized spacial score (nSPS) is 13.6. The monoisotopic (exact) mass is 144 g/mol. The lowest BCUT2D eigenvalue weighted by molar-refractivity contribution is -0.113. The first kappa shape index (κ1) is 9.63. The van der Waals surface area contributed by atoms with Gasteiger partial charge >= 0.3 is 0 Å². The van der Waals surface area contributed by atoms with Crippen molar-refractivity contribution in [2.24, 2.45) is 5.92 Å². The minimum Gasteiger partial charge on any atom is -0.371 e. The van der Waals surface area contributed by atoms with Gasteiger partial charge in [0, 0.05) is 0 Å². The van der Waals surface area contributed by atoms with Gasteiger partial charge < -0.3 is 9.53 Å². The Morgan fingerprint density at radius 3 is 2.40 bits per heavy atom. The minimum absolute atomic E-state index is 0.213. The van der Waals surface area contributed by atoms with Gasteiger partial charge in [0.15, 0.2) is 0 Å². The molecule has 0 saturated heterocycles. The molecule has 0 radical (unpaired) electrons. The van der Waals surface area contributed by atoms with Crippen molar-refractivity contribution < 1.29 is 9.53 Å². The van der Waals surface area contributed by atoms with Crippen molar-refractivity contribution in [3.63, 3.8) is 0 Å². The summed E-state index contributed by atoms with van der Waals surface area (Å²) >= 11 is 0. The Morgan fingerprint density at radius 1 is 1.40 bits per heavy atom. The molecule has 1 atom stereocenters. The topological polar surface area (TPSA) is 26.3 Å². The van der Waals surface area contributed by atoms with Crippen molar-refractivity contribution in [1.82, 2.24) is 0 Å². The lowest BCUT2D eigenvalue weighted by Gasteiger charge is -2.12. The second kappa shape index (κ2) is 5.42. The van der Waals surface area contributed by atoms with Crippen molar-refractivity contribution >= 4 is 6.29 Å². The predicted octanol–water partition coefficient (Wildman–Crippen LogP) is 1.64. The van der Waals surface area contributed by atoms with Crippen molar-refractivity contribution in [1.29, 1.82) is 0 Å².